The third kappa shape index (κ3) is 6.80. The summed E-state index contributed by atoms with van der Waals surface area (Å²) in [5.74, 6) is 0.707. The van der Waals surface area contributed by atoms with Gasteiger partial charge in [-0.05, 0) is 54.4 Å². The van der Waals surface area contributed by atoms with Gasteiger partial charge in [0.1, 0.15) is 5.75 Å². The van der Waals surface area contributed by atoms with E-state index in [2.05, 4.69) is 45.9 Å². The molecule has 0 spiro atoms. The summed E-state index contributed by atoms with van der Waals surface area (Å²) in [5.41, 5.74) is 2.00. The van der Waals surface area contributed by atoms with Gasteiger partial charge in [-0.15, -0.1) is 0 Å². The Balaban J connectivity index is 0.00000182. The number of hydrogen-bond donors (Lipinski definition) is 1. The molecule has 0 saturated heterocycles. The molecule has 0 fully saturated rings. The molecule has 1 N–H and O–H groups in total. The predicted molar refractivity (Wildman–Crippen MR) is 95.9 cm³/mol. The first-order chi connectivity index (χ1) is 12.2. The highest BCUT2D eigenvalue weighted by atomic mass is 35.5. The summed E-state index contributed by atoms with van der Waals surface area (Å²) in [6, 6.07) is 17.9. The lowest BCUT2D eigenvalue weighted by Crippen LogP contribution is -3.00. The number of ether oxygens (including phenoxy) is 1. The van der Waals surface area contributed by atoms with Gasteiger partial charge in [0.05, 0.1) is 5.69 Å². The zero-order valence-corrected chi connectivity index (χ0v) is 16.7. The van der Waals surface area contributed by atoms with Crippen molar-refractivity contribution in [3.8, 4) is 17.4 Å². The van der Waals surface area contributed by atoms with Crippen molar-refractivity contribution in [3.63, 3.8) is 0 Å². The number of halogens is 2. The SMILES string of the molecule is CN(C)CCNCc1cccc(Oc2nnnn2-c2ccccc2)c1.[Cl-].[Cl-]. The second-order valence-corrected chi connectivity index (χ2v) is 5.94. The highest BCUT2D eigenvalue weighted by molar-refractivity contribution is 5.34. The van der Waals surface area contributed by atoms with E-state index in [1.807, 2.05) is 48.5 Å². The van der Waals surface area contributed by atoms with E-state index in [-0.39, 0.29) is 24.8 Å². The van der Waals surface area contributed by atoms with Crippen molar-refractivity contribution in [3.05, 3.63) is 60.2 Å². The highest BCUT2D eigenvalue weighted by Gasteiger charge is 2.10. The lowest BCUT2D eigenvalue weighted by molar-refractivity contribution is -0.001000. The Hall–Kier alpha value is -2.19. The maximum Gasteiger partial charge on any atom is 0.345 e. The Kier molecular flexibility index (Phi) is 9.74. The van der Waals surface area contributed by atoms with Gasteiger partial charge in [0.15, 0.2) is 0 Å². The van der Waals surface area contributed by atoms with Gasteiger partial charge in [-0.3, -0.25) is 0 Å². The Morgan fingerprint density at radius 2 is 1.81 bits per heavy atom. The Labute approximate surface area is 171 Å². The predicted octanol–water partition coefficient (Wildman–Crippen LogP) is -3.89. The summed E-state index contributed by atoms with van der Waals surface area (Å²) >= 11 is 0. The Morgan fingerprint density at radius 3 is 2.56 bits per heavy atom. The van der Waals surface area contributed by atoms with Gasteiger partial charge in [-0.1, -0.05) is 35.4 Å². The van der Waals surface area contributed by atoms with Gasteiger partial charge in [0, 0.05) is 19.6 Å². The molecular formula is C18H22Cl2N6O-2. The maximum absolute atomic E-state index is 5.88. The molecule has 2 aromatic carbocycles. The average Bonchev–Trinajstić information content (AvgIpc) is 3.08. The number of nitrogens with zero attached hydrogens (tertiary/aromatic N) is 5. The third-order valence-corrected chi connectivity index (χ3v) is 3.61. The molecule has 0 radical (unpaired) electrons. The monoisotopic (exact) mass is 408 g/mol. The fourth-order valence-corrected chi connectivity index (χ4v) is 2.33. The standard InChI is InChI=1S/C18H22N6O.2ClH/c1-23(2)12-11-19-14-15-7-6-10-17(13-15)25-18-20-21-22-24(18)16-8-4-3-5-9-16;;/h3-10,13,19H,11-12,14H2,1-2H3;2*1H/p-2. The molecule has 0 saturated carbocycles. The largest absolute Gasteiger partial charge is 1.00 e. The normalized spacial score (nSPS) is 10.2. The molecule has 27 heavy (non-hydrogen) atoms. The molecule has 3 rings (SSSR count). The number of aromatic nitrogens is 4. The summed E-state index contributed by atoms with van der Waals surface area (Å²) in [7, 11) is 4.13. The van der Waals surface area contributed by atoms with E-state index in [1.54, 1.807) is 4.68 Å². The van der Waals surface area contributed by atoms with Gasteiger partial charge in [0.2, 0.25) is 0 Å². The number of hydrogen-bond acceptors (Lipinski definition) is 6. The number of rotatable bonds is 8. The van der Waals surface area contributed by atoms with Crippen molar-refractivity contribution >= 4 is 0 Å². The van der Waals surface area contributed by atoms with Crippen LogP contribution in [0.2, 0.25) is 0 Å². The molecule has 146 valence electrons. The van der Waals surface area contributed by atoms with Gasteiger partial charge in [0.25, 0.3) is 0 Å². The second kappa shape index (κ2) is 11.5. The van der Waals surface area contributed by atoms with Crippen molar-refractivity contribution in [2.24, 2.45) is 0 Å². The smallest absolute Gasteiger partial charge is 0.345 e. The molecule has 0 unspecified atom stereocenters. The van der Waals surface area contributed by atoms with Crippen molar-refractivity contribution in [2.75, 3.05) is 27.2 Å². The van der Waals surface area contributed by atoms with Crippen LogP contribution in [-0.2, 0) is 6.54 Å². The maximum atomic E-state index is 5.88. The van der Waals surface area contributed by atoms with Crippen LogP contribution in [0, 0.1) is 0 Å². The van der Waals surface area contributed by atoms with Crippen molar-refractivity contribution in [1.29, 1.82) is 0 Å². The van der Waals surface area contributed by atoms with Gasteiger partial charge >= 0.3 is 6.01 Å². The van der Waals surface area contributed by atoms with Crippen LogP contribution in [0.1, 0.15) is 5.56 Å². The molecule has 0 aliphatic rings. The molecule has 9 heteroatoms. The van der Waals surface area contributed by atoms with Crippen LogP contribution in [0.5, 0.6) is 11.8 Å². The van der Waals surface area contributed by atoms with Crippen LogP contribution < -0.4 is 34.9 Å². The molecule has 0 atom stereocenters. The number of likely N-dealkylation sites (N-methyl/N-ethyl adjacent to an activating group) is 1. The topological polar surface area (TPSA) is 68.1 Å². The lowest BCUT2D eigenvalue weighted by atomic mass is 10.2. The Bertz CT molecular complexity index is 797. The molecule has 7 nitrogen and oxygen atoms in total. The van der Waals surface area contributed by atoms with Crippen LogP contribution in [0.25, 0.3) is 5.69 Å². The minimum atomic E-state index is 0. The van der Waals surface area contributed by atoms with E-state index in [0.29, 0.717) is 11.8 Å². The van der Waals surface area contributed by atoms with Crippen LogP contribution in [0.15, 0.2) is 54.6 Å². The summed E-state index contributed by atoms with van der Waals surface area (Å²) in [4.78, 5) is 2.15. The van der Waals surface area contributed by atoms with Gasteiger partial charge < -0.3 is 39.8 Å². The van der Waals surface area contributed by atoms with Crippen LogP contribution in [0.4, 0.5) is 0 Å². The van der Waals surface area contributed by atoms with Crippen LogP contribution >= 0.6 is 0 Å². The molecule has 0 aliphatic heterocycles. The molecule has 0 amide bonds. The second-order valence-electron chi connectivity index (χ2n) is 5.94. The van der Waals surface area contributed by atoms with E-state index in [9.17, 15) is 0 Å². The fourth-order valence-electron chi connectivity index (χ4n) is 2.33. The molecule has 3 aromatic rings. The van der Waals surface area contributed by atoms with Gasteiger partial charge in [-0.2, -0.15) is 4.68 Å². The number of para-hydroxylation sites is 1. The third-order valence-electron chi connectivity index (χ3n) is 3.61. The van der Waals surface area contributed by atoms with Crippen molar-refractivity contribution in [2.45, 2.75) is 6.54 Å². The van der Waals surface area contributed by atoms with E-state index >= 15 is 0 Å². The number of benzene rings is 2. The minimum Gasteiger partial charge on any atom is -1.00 e. The lowest BCUT2D eigenvalue weighted by Gasteiger charge is -2.11. The van der Waals surface area contributed by atoms with E-state index in [1.165, 1.54) is 0 Å². The first kappa shape index (κ1) is 22.9. The summed E-state index contributed by atoms with van der Waals surface area (Å²) in [6.45, 7) is 2.72. The molecule has 1 aromatic heterocycles. The molecular weight excluding hydrogens is 387 g/mol. The first-order valence-electron chi connectivity index (χ1n) is 8.18. The highest BCUT2D eigenvalue weighted by Crippen LogP contribution is 2.21. The van der Waals surface area contributed by atoms with E-state index in [0.717, 1.165) is 30.9 Å². The molecule has 1 heterocycles. The summed E-state index contributed by atoms with van der Waals surface area (Å²) in [6.07, 6.45) is 0. The van der Waals surface area contributed by atoms with Crippen molar-refractivity contribution < 1.29 is 29.6 Å². The average molecular weight is 409 g/mol. The quantitative estimate of drug-likeness (QED) is 0.384. The summed E-state index contributed by atoms with van der Waals surface area (Å²) in [5, 5.41) is 15.1. The zero-order chi connectivity index (χ0) is 17.5. The zero-order valence-electron chi connectivity index (χ0n) is 15.2. The van der Waals surface area contributed by atoms with Crippen molar-refractivity contribution in [1.82, 2.24) is 30.4 Å². The molecule has 0 bridgehead atoms. The summed E-state index contributed by atoms with van der Waals surface area (Å²) < 4.78 is 7.45. The van der Waals surface area contributed by atoms with E-state index < -0.39 is 0 Å². The van der Waals surface area contributed by atoms with Crippen LogP contribution in [0.3, 0.4) is 0 Å². The fraction of sp³-hybridized carbons (Fsp3) is 0.278. The van der Waals surface area contributed by atoms with Crippen LogP contribution in [-0.4, -0.2) is 52.3 Å². The first-order valence-corrected chi connectivity index (χ1v) is 8.18. The van der Waals surface area contributed by atoms with E-state index in [4.69, 9.17) is 4.74 Å². The Morgan fingerprint density at radius 1 is 1.04 bits per heavy atom. The molecule has 0 aliphatic carbocycles. The minimum absolute atomic E-state index is 0. The number of nitrogens with one attached hydrogen (secondary N) is 1. The number of tetrazole rings is 1. The van der Waals surface area contributed by atoms with Gasteiger partial charge in [-0.25, -0.2) is 0 Å².